The number of hydrogen-bond acceptors (Lipinski definition) is 5. The van der Waals surface area contributed by atoms with Crippen molar-refractivity contribution in [2.75, 3.05) is 5.32 Å². The molecule has 2 amide bonds. The number of benzene rings is 2. The van der Waals surface area contributed by atoms with Gasteiger partial charge in [-0.15, -0.1) is 0 Å². The Hall–Kier alpha value is -3.96. The smallest absolute Gasteiger partial charge is 0.320 e. The van der Waals surface area contributed by atoms with E-state index in [-0.39, 0.29) is 17.6 Å². The Balaban J connectivity index is 1.91. The Morgan fingerprint density at radius 3 is 2.58 bits per heavy atom. The molecule has 0 aliphatic heterocycles. The number of urea groups is 1. The minimum Gasteiger partial charge on any atom is -0.336 e. The average molecular weight is 432 g/mol. The molecule has 4 rings (SSSR count). The van der Waals surface area contributed by atoms with Gasteiger partial charge in [0.15, 0.2) is 11.5 Å². The third-order valence-electron chi connectivity index (χ3n) is 4.47. The molecule has 4 aromatic rings. The van der Waals surface area contributed by atoms with Gasteiger partial charge in [0.05, 0.1) is 28.1 Å². The molecule has 0 spiro atoms. The number of nitriles is 1. The van der Waals surface area contributed by atoms with Crippen LogP contribution in [-0.4, -0.2) is 32.2 Å². The van der Waals surface area contributed by atoms with Gasteiger partial charge in [-0.25, -0.2) is 14.8 Å². The summed E-state index contributed by atoms with van der Waals surface area (Å²) in [5.41, 5.74) is 3.16. The number of carbonyl (C=O) groups is 1. The number of amides is 2. The first-order chi connectivity index (χ1) is 15.0. The van der Waals surface area contributed by atoms with Gasteiger partial charge in [0.2, 0.25) is 0 Å². The monoisotopic (exact) mass is 431 g/mol. The van der Waals surface area contributed by atoms with E-state index in [9.17, 15) is 10.1 Å². The van der Waals surface area contributed by atoms with Crippen LogP contribution in [0.25, 0.3) is 33.4 Å². The lowest BCUT2D eigenvalue weighted by Crippen LogP contribution is -2.34. The lowest BCUT2D eigenvalue weighted by atomic mass is 10.0. The predicted octanol–water partition coefficient (Wildman–Crippen LogP) is 4.74. The highest BCUT2D eigenvalue weighted by Crippen LogP contribution is 2.35. The fourth-order valence-electron chi connectivity index (χ4n) is 3.16. The number of hydrogen-bond donors (Lipinski definition) is 3. The second-order valence-corrected chi connectivity index (χ2v) is 7.55. The SMILES string of the molecule is CC(C)NC(=O)Nc1nc(-c2ccccc2)c(-c2cc(Cl)c3[nH]ncc3c2)nc1C#N. The first-order valence-corrected chi connectivity index (χ1v) is 9.92. The maximum absolute atomic E-state index is 12.2. The second-order valence-electron chi connectivity index (χ2n) is 7.14. The van der Waals surface area contributed by atoms with Crippen LogP contribution in [0.2, 0.25) is 5.02 Å². The van der Waals surface area contributed by atoms with Crippen molar-refractivity contribution in [2.24, 2.45) is 0 Å². The van der Waals surface area contributed by atoms with Gasteiger partial charge < -0.3 is 5.32 Å². The van der Waals surface area contributed by atoms with Crippen molar-refractivity contribution in [3.8, 4) is 28.6 Å². The normalized spacial score (nSPS) is 10.8. The number of H-pyrrole nitrogens is 1. The average Bonchev–Trinajstić information content (AvgIpc) is 3.23. The summed E-state index contributed by atoms with van der Waals surface area (Å²) >= 11 is 6.42. The number of rotatable bonds is 4. The molecule has 9 heteroatoms. The van der Waals surface area contributed by atoms with Crippen LogP contribution in [0, 0.1) is 11.3 Å². The van der Waals surface area contributed by atoms with Crippen LogP contribution in [-0.2, 0) is 0 Å². The predicted molar refractivity (Wildman–Crippen MR) is 120 cm³/mol. The molecular weight excluding hydrogens is 414 g/mol. The van der Waals surface area contributed by atoms with Crippen molar-refractivity contribution in [1.29, 1.82) is 5.26 Å². The van der Waals surface area contributed by atoms with Gasteiger partial charge in [-0.1, -0.05) is 41.9 Å². The zero-order valence-corrected chi connectivity index (χ0v) is 17.5. The Labute approximate surface area is 183 Å². The summed E-state index contributed by atoms with van der Waals surface area (Å²) in [5.74, 6) is 0.0822. The van der Waals surface area contributed by atoms with E-state index < -0.39 is 6.03 Å². The molecule has 3 N–H and O–H groups in total. The second kappa shape index (κ2) is 8.42. The lowest BCUT2D eigenvalue weighted by Gasteiger charge is -2.14. The summed E-state index contributed by atoms with van der Waals surface area (Å²) in [6.45, 7) is 3.68. The minimum absolute atomic E-state index is 0.00278. The van der Waals surface area contributed by atoms with E-state index in [1.54, 1.807) is 12.3 Å². The Morgan fingerprint density at radius 2 is 1.87 bits per heavy atom. The third kappa shape index (κ3) is 4.17. The van der Waals surface area contributed by atoms with E-state index in [4.69, 9.17) is 11.6 Å². The van der Waals surface area contributed by atoms with Crippen LogP contribution in [0.5, 0.6) is 0 Å². The van der Waals surface area contributed by atoms with E-state index in [0.29, 0.717) is 27.5 Å². The summed E-state index contributed by atoms with van der Waals surface area (Å²) in [5, 5.41) is 23.2. The van der Waals surface area contributed by atoms with Crippen molar-refractivity contribution in [3.63, 3.8) is 0 Å². The van der Waals surface area contributed by atoms with E-state index in [0.717, 1.165) is 10.9 Å². The van der Waals surface area contributed by atoms with E-state index in [1.807, 2.05) is 56.3 Å². The zero-order chi connectivity index (χ0) is 22.0. The molecule has 2 aromatic heterocycles. The lowest BCUT2D eigenvalue weighted by molar-refractivity contribution is 0.250. The molecule has 0 aliphatic rings. The highest BCUT2D eigenvalue weighted by molar-refractivity contribution is 6.35. The largest absolute Gasteiger partial charge is 0.336 e. The van der Waals surface area contributed by atoms with E-state index >= 15 is 0 Å². The number of nitrogens with zero attached hydrogens (tertiary/aromatic N) is 4. The maximum atomic E-state index is 12.2. The molecule has 0 atom stereocenters. The van der Waals surface area contributed by atoms with Crippen LogP contribution >= 0.6 is 11.6 Å². The number of fused-ring (bicyclic) bond motifs is 1. The number of aromatic amines is 1. The Bertz CT molecular complexity index is 1310. The van der Waals surface area contributed by atoms with Crippen LogP contribution < -0.4 is 10.6 Å². The van der Waals surface area contributed by atoms with E-state index in [2.05, 4.69) is 30.8 Å². The molecule has 2 aromatic carbocycles. The van der Waals surface area contributed by atoms with Gasteiger partial charge in [-0.05, 0) is 26.0 Å². The van der Waals surface area contributed by atoms with Crippen molar-refractivity contribution in [2.45, 2.75) is 19.9 Å². The Kier molecular flexibility index (Phi) is 5.52. The highest BCUT2D eigenvalue weighted by atomic mass is 35.5. The van der Waals surface area contributed by atoms with Crippen molar-refractivity contribution < 1.29 is 4.79 Å². The van der Waals surface area contributed by atoms with Gasteiger partial charge in [-0.2, -0.15) is 10.4 Å². The van der Waals surface area contributed by atoms with E-state index in [1.165, 1.54) is 0 Å². The summed E-state index contributed by atoms with van der Waals surface area (Å²) in [7, 11) is 0. The van der Waals surface area contributed by atoms with Crippen molar-refractivity contribution in [1.82, 2.24) is 25.5 Å². The summed E-state index contributed by atoms with van der Waals surface area (Å²) in [4.78, 5) is 21.4. The molecule has 0 saturated carbocycles. The minimum atomic E-state index is -0.463. The standard InChI is InChI=1S/C22H18ClN7O/c1-12(2)26-22(31)29-21-17(10-24)27-20(19(28-21)13-6-4-3-5-7-13)14-8-15-11-25-30-18(15)16(23)9-14/h3-9,11-12H,1-2H3,(H,25,30)(H2,26,28,29,31). The van der Waals surface area contributed by atoms with Crippen LogP contribution in [0.1, 0.15) is 19.5 Å². The molecule has 0 radical (unpaired) electrons. The van der Waals surface area contributed by atoms with Crippen molar-refractivity contribution >= 4 is 34.4 Å². The molecule has 2 heterocycles. The first kappa shape index (κ1) is 20.3. The Morgan fingerprint density at radius 1 is 1.13 bits per heavy atom. The number of carbonyl (C=O) groups excluding carboxylic acids is 1. The van der Waals surface area contributed by atoms with Crippen LogP contribution in [0.4, 0.5) is 10.6 Å². The van der Waals surface area contributed by atoms with Gasteiger partial charge in [0, 0.05) is 22.6 Å². The highest BCUT2D eigenvalue weighted by Gasteiger charge is 2.19. The molecule has 154 valence electrons. The number of anilines is 1. The fourth-order valence-corrected chi connectivity index (χ4v) is 3.42. The van der Waals surface area contributed by atoms with Gasteiger partial charge in [0.25, 0.3) is 0 Å². The van der Waals surface area contributed by atoms with Crippen LogP contribution in [0.15, 0.2) is 48.7 Å². The molecule has 0 unspecified atom stereocenters. The van der Waals surface area contributed by atoms with Crippen LogP contribution in [0.3, 0.4) is 0 Å². The molecule has 0 aliphatic carbocycles. The maximum Gasteiger partial charge on any atom is 0.320 e. The molecule has 8 nitrogen and oxygen atoms in total. The molecule has 0 fully saturated rings. The molecule has 31 heavy (non-hydrogen) atoms. The summed E-state index contributed by atoms with van der Waals surface area (Å²) in [6.07, 6.45) is 1.66. The summed E-state index contributed by atoms with van der Waals surface area (Å²) in [6, 6.07) is 14.5. The first-order valence-electron chi connectivity index (χ1n) is 9.54. The number of halogens is 1. The zero-order valence-electron chi connectivity index (χ0n) is 16.8. The van der Waals surface area contributed by atoms with Gasteiger partial charge >= 0.3 is 6.03 Å². The number of nitrogens with one attached hydrogen (secondary N) is 3. The topological polar surface area (TPSA) is 119 Å². The van der Waals surface area contributed by atoms with Gasteiger partial charge in [0.1, 0.15) is 6.07 Å². The fraction of sp³-hybridized carbons (Fsp3) is 0.136. The molecule has 0 saturated heterocycles. The summed E-state index contributed by atoms with van der Waals surface area (Å²) < 4.78 is 0. The van der Waals surface area contributed by atoms with Crippen molar-refractivity contribution in [3.05, 3.63) is 59.4 Å². The molecule has 0 bridgehead atoms. The van der Waals surface area contributed by atoms with Gasteiger partial charge in [-0.3, -0.25) is 10.4 Å². The third-order valence-corrected chi connectivity index (χ3v) is 4.77. The quantitative estimate of drug-likeness (QED) is 0.431. The molecular formula is C22H18ClN7O. The number of aromatic nitrogens is 4.